The molecule has 1 aromatic heterocycles. The van der Waals surface area contributed by atoms with Gasteiger partial charge in [-0.15, -0.1) is 0 Å². The Morgan fingerprint density at radius 1 is 0.905 bits per heavy atom. The van der Waals surface area contributed by atoms with Gasteiger partial charge < -0.3 is 9.72 Å². The van der Waals surface area contributed by atoms with E-state index in [0.29, 0.717) is 12.2 Å². The highest BCUT2D eigenvalue weighted by atomic mass is 16.5. The molecule has 4 rings (SSSR count). The van der Waals surface area contributed by atoms with E-state index in [1.165, 1.54) is 0 Å². The first-order valence-electron chi connectivity index (χ1n) is 6.87. The highest BCUT2D eigenvalue weighted by molar-refractivity contribution is 5.74. The molecule has 0 amide bonds. The van der Waals surface area contributed by atoms with Crippen molar-refractivity contribution < 1.29 is 4.74 Å². The lowest BCUT2D eigenvalue weighted by atomic mass is 9.99. The summed E-state index contributed by atoms with van der Waals surface area (Å²) in [5.74, 6) is 0.813. The predicted octanol–water partition coefficient (Wildman–Crippen LogP) is 3.60. The van der Waals surface area contributed by atoms with Gasteiger partial charge in [-0.1, -0.05) is 42.5 Å². The number of rotatable bonds is 1. The Kier molecular flexibility index (Phi) is 2.64. The lowest BCUT2D eigenvalue weighted by Gasteiger charge is -2.20. The lowest BCUT2D eigenvalue weighted by molar-refractivity contribution is 0.301. The number of hydrogen-bond acceptors (Lipinski definition) is 2. The second-order valence-electron chi connectivity index (χ2n) is 5.06. The minimum Gasteiger partial charge on any atom is -0.488 e. The first-order valence-corrected chi connectivity index (χ1v) is 6.87. The molecule has 0 unspecified atom stereocenters. The highest BCUT2D eigenvalue weighted by Crippen LogP contribution is 2.36. The molecule has 0 atom stereocenters. The zero-order valence-corrected chi connectivity index (χ0v) is 11.3. The van der Waals surface area contributed by atoms with Crippen molar-refractivity contribution >= 4 is 0 Å². The molecular formula is C18H13NO2. The summed E-state index contributed by atoms with van der Waals surface area (Å²) < 4.78 is 5.76. The van der Waals surface area contributed by atoms with Crippen LogP contribution in [0.25, 0.3) is 22.4 Å². The largest absolute Gasteiger partial charge is 0.488 e. The molecule has 21 heavy (non-hydrogen) atoms. The van der Waals surface area contributed by atoms with Crippen LogP contribution in [0.2, 0.25) is 0 Å². The highest BCUT2D eigenvalue weighted by Gasteiger charge is 2.19. The third kappa shape index (κ3) is 1.94. The molecule has 0 fully saturated rings. The summed E-state index contributed by atoms with van der Waals surface area (Å²) in [7, 11) is 0. The molecule has 2 aromatic carbocycles. The van der Waals surface area contributed by atoms with Gasteiger partial charge in [0.1, 0.15) is 12.4 Å². The molecule has 0 bridgehead atoms. The van der Waals surface area contributed by atoms with Gasteiger partial charge in [-0.2, -0.15) is 0 Å². The summed E-state index contributed by atoms with van der Waals surface area (Å²) in [6.07, 6.45) is 0. The molecule has 0 saturated heterocycles. The van der Waals surface area contributed by atoms with Crippen LogP contribution in [-0.4, -0.2) is 4.98 Å². The fraction of sp³-hybridized carbons (Fsp3) is 0.0556. The molecule has 3 nitrogen and oxygen atoms in total. The van der Waals surface area contributed by atoms with E-state index >= 15 is 0 Å². The molecule has 3 heteroatoms. The van der Waals surface area contributed by atoms with Gasteiger partial charge in [0.15, 0.2) is 0 Å². The van der Waals surface area contributed by atoms with E-state index < -0.39 is 0 Å². The number of hydrogen-bond donors (Lipinski definition) is 1. The molecule has 102 valence electrons. The first-order chi connectivity index (χ1) is 10.3. The normalized spacial score (nSPS) is 12.2. The Morgan fingerprint density at radius 3 is 2.52 bits per heavy atom. The average Bonchev–Trinajstić information content (AvgIpc) is 2.55. The van der Waals surface area contributed by atoms with E-state index in [4.69, 9.17) is 4.74 Å². The van der Waals surface area contributed by atoms with Gasteiger partial charge in [0.25, 0.3) is 5.56 Å². The number of pyridine rings is 1. The van der Waals surface area contributed by atoms with Gasteiger partial charge in [-0.3, -0.25) is 4.79 Å². The van der Waals surface area contributed by atoms with E-state index in [2.05, 4.69) is 4.98 Å². The summed E-state index contributed by atoms with van der Waals surface area (Å²) in [4.78, 5) is 15.4. The number of H-pyrrole nitrogens is 1. The van der Waals surface area contributed by atoms with Crippen molar-refractivity contribution in [1.82, 2.24) is 4.98 Å². The number of aromatic amines is 1. The second kappa shape index (κ2) is 4.63. The van der Waals surface area contributed by atoms with E-state index in [9.17, 15) is 4.79 Å². The minimum absolute atomic E-state index is 0.0725. The minimum atomic E-state index is -0.0725. The van der Waals surface area contributed by atoms with Crippen LogP contribution in [0.5, 0.6) is 5.75 Å². The Balaban J connectivity index is 1.93. The number of para-hydroxylation sites is 1. The zero-order valence-electron chi connectivity index (χ0n) is 11.3. The van der Waals surface area contributed by atoms with Crippen LogP contribution in [0.15, 0.2) is 65.5 Å². The Bertz CT molecular complexity index is 866. The van der Waals surface area contributed by atoms with E-state index in [-0.39, 0.29) is 5.56 Å². The van der Waals surface area contributed by atoms with Crippen molar-refractivity contribution in [1.29, 1.82) is 0 Å². The molecule has 0 radical (unpaired) electrons. The monoisotopic (exact) mass is 275 g/mol. The topological polar surface area (TPSA) is 42.1 Å². The first kappa shape index (κ1) is 12.0. The van der Waals surface area contributed by atoms with Crippen LogP contribution < -0.4 is 10.3 Å². The van der Waals surface area contributed by atoms with Gasteiger partial charge >= 0.3 is 0 Å². The molecule has 0 saturated carbocycles. The average molecular weight is 275 g/mol. The smallest absolute Gasteiger partial charge is 0.256 e. The van der Waals surface area contributed by atoms with Crippen molar-refractivity contribution in [2.24, 2.45) is 0 Å². The number of nitrogens with one attached hydrogen (secondary N) is 1. The molecule has 1 aliphatic rings. The molecule has 2 heterocycles. The van der Waals surface area contributed by atoms with Crippen LogP contribution in [0.4, 0.5) is 0 Å². The van der Waals surface area contributed by atoms with Crippen molar-refractivity contribution in [2.45, 2.75) is 6.61 Å². The number of aromatic nitrogens is 1. The zero-order chi connectivity index (χ0) is 14.2. The van der Waals surface area contributed by atoms with Crippen molar-refractivity contribution in [2.75, 3.05) is 0 Å². The standard InChI is InChI=1S/C18H13NO2/c20-18-15(12-6-2-1-3-7-12)10-13-11-21-16-9-5-4-8-14(16)17(13)19-18/h1-10H,11H2,(H,19,20). The Hall–Kier alpha value is -2.81. The summed E-state index contributed by atoms with van der Waals surface area (Å²) in [6, 6.07) is 19.4. The summed E-state index contributed by atoms with van der Waals surface area (Å²) in [5.41, 5.74) is 4.33. The SMILES string of the molecule is O=c1[nH]c2c(cc1-c1ccccc1)COc1ccccc1-2. The quantitative estimate of drug-likeness (QED) is 0.737. The third-order valence-corrected chi connectivity index (χ3v) is 3.75. The van der Waals surface area contributed by atoms with Gasteiger partial charge in [-0.05, 0) is 23.8 Å². The van der Waals surface area contributed by atoms with Gasteiger partial charge in [0.05, 0.1) is 5.69 Å². The van der Waals surface area contributed by atoms with E-state index in [1.807, 2.05) is 60.7 Å². The predicted molar refractivity (Wildman–Crippen MR) is 82.3 cm³/mol. The van der Waals surface area contributed by atoms with Crippen LogP contribution in [0.3, 0.4) is 0 Å². The van der Waals surface area contributed by atoms with Crippen molar-refractivity contribution in [3.63, 3.8) is 0 Å². The number of fused-ring (bicyclic) bond motifs is 3. The van der Waals surface area contributed by atoms with Crippen LogP contribution in [0.1, 0.15) is 5.56 Å². The Morgan fingerprint density at radius 2 is 1.67 bits per heavy atom. The summed E-state index contributed by atoms with van der Waals surface area (Å²) in [6.45, 7) is 0.475. The number of benzene rings is 2. The van der Waals surface area contributed by atoms with Crippen LogP contribution in [0, 0.1) is 0 Å². The van der Waals surface area contributed by atoms with Crippen LogP contribution in [-0.2, 0) is 6.61 Å². The van der Waals surface area contributed by atoms with Gasteiger partial charge in [0.2, 0.25) is 0 Å². The summed E-state index contributed by atoms with van der Waals surface area (Å²) in [5, 5.41) is 0. The van der Waals surface area contributed by atoms with E-state index in [0.717, 1.165) is 28.1 Å². The maximum atomic E-state index is 12.4. The number of ether oxygens (including phenoxy) is 1. The fourth-order valence-electron chi connectivity index (χ4n) is 2.71. The van der Waals surface area contributed by atoms with Crippen LogP contribution >= 0.6 is 0 Å². The van der Waals surface area contributed by atoms with E-state index in [1.54, 1.807) is 0 Å². The maximum Gasteiger partial charge on any atom is 0.256 e. The molecule has 3 aromatic rings. The third-order valence-electron chi connectivity index (χ3n) is 3.75. The summed E-state index contributed by atoms with van der Waals surface area (Å²) >= 11 is 0. The molecule has 0 spiro atoms. The molecule has 1 N–H and O–H groups in total. The fourth-order valence-corrected chi connectivity index (χ4v) is 2.71. The molecular weight excluding hydrogens is 262 g/mol. The van der Waals surface area contributed by atoms with Crippen molar-refractivity contribution in [3.8, 4) is 28.1 Å². The second-order valence-corrected chi connectivity index (χ2v) is 5.06. The van der Waals surface area contributed by atoms with Gasteiger partial charge in [-0.25, -0.2) is 0 Å². The lowest BCUT2D eigenvalue weighted by Crippen LogP contribution is -2.16. The van der Waals surface area contributed by atoms with Gasteiger partial charge in [0, 0.05) is 16.7 Å². The maximum absolute atomic E-state index is 12.4. The molecule has 1 aliphatic heterocycles. The Labute approximate surface area is 121 Å². The molecule has 0 aliphatic carbocycles. The van der Waals surface area contributed by atoms with Crippen molar-refractivity contribution in [3.05, 3.63) is 76.6 Å².